The fraction of sp³-hybridized carbons (Fsp3) is 0.400. The van der Waals surface area contributed by atoms with Crippen LogP contribution in [-0.2, 0) is 6.42 Å². The van der Waals surface area contributed by atoms with Gasteiger partial charge in [0.15, 0.2) is 0 Å². The van der Waals surface area contributed by atoms with Gasteiger partial charge in [-0.25, -0.2) is 4.98 Å². The zero-order chi connectivity index (χ0) is 19.2. The molecule has 2 heterocycles. The molecule has 2 amide bonds. The molecule has 1 saturated heterocycles. The van der Waals surface area contributed by atoms with Crippen LogP contribution in [0.4, 0.5) is 0 Å². The van der Waals surface area contributed by atoms with Gasteiger partial charge in [-0.15, -0.1) is 0 Å². The lowest BCUT2D eigenvalue weighted by Crippen LogP contribution is -2.57. The fourth-order valence-electron chi connectivity index (χ4n) is 3.41. The Morgan fingerprint density at radius 1 is 1.11 bits per heavy atom. The summed E-state index contributed by atoms with van der Waals surface area (Å²) in [5, 5.41) is 9.46. The Bertz CT molecular complexity index is 797. The van der Waals surface area contributed by atoms with Crippen LogP contribution >= 0.6 is 0 Å². The minimum atomic E-state index is -0.254. The van der Waals surface area contributed by atoms with E-state index >= 15 is 0 Å². The van der Waals surface area contributed by atoms with Gasteiger partial charge in [0.2, 0.25) is 0 Å². The van der Waals surface area contributed by atoms with Crippen molar-refractivity contribution >= 4 is 11.8 Å². The Labute approximate surface area is 158 Å². The van der Waals surface area contributed by atoms with Gasteiger partial charge >= 0.3 is 0 Å². The fourth-order valence-corrected chi connectivity index (χ4v) is 3.41. The number of aromatic nitrogens is 2. The summed E-state index contributed by atoms with van der Waals surface area (Å²) in [6.07, 6.45) is 4.12. The van der Waals surface area contributed by atoms with Crippen LogP contribution in [0.3, 0.4) is 0 Å². The molecule has 1 N–H and O–H groups in total. The summed E-state index contributed by atoms with van der Waals surface area (Å²) in [7, 11) is 0. The van der Waals surface area contributed by atoms with Gasteiger partial charge in [-0.3, -0.25) is 14.6 Å². The Kier molecular flexibility index (Phi) is 6.13. The lowest BCUT2D eigenvalue weighted by molar-refractivity contribution is 0.0337. The van der Waals surface area contributed by atoms with Gasteiger partial charge < -0.3 is 14.9 Å². The quantitative estimate of drug-likeness (QED) is 0.862. The maximum Gasteiger partial charge on any atom is 0.274 e. The number of rotatable bonds is 5. The van der Waals surface area contributed by atoms with Gasteiger partial charge in [0, 0.05) is 44.2 Å². The molecule has 1 aliphatic rings. The maximum absolute atomic E-state index is 13.0. The van der Waals surface area contributed by atoms with Crippen molar-refractivity contribution in [2.24, 2.45) is 0 Å². The molecule has 0 saturated carbocycles. The molecule has 27 heavy (non-hydrogen) atoms. The lowest BCUT2D eigenvalue weighted by Gasteiger charge is -2.41. The third kappa shape index (κ3) is 4.14. The molecule has 7 heteroatoms. The topological polar surface area (TPSA) is 86.6 Å². The highest BCUT2D eigenvalue weighted by Gasteiger charge is 2.34. The number of amides is 2. The van der Waals surface area contributed by atoms with E-state index in [1.807, 2.05) is 25.1 Å². The van der Waals surface area contributed by atoms with Crippen LogP contribution in [0.5, 0.6) is 0 Å². The van der Waals surface area contributed by atoms with Crippen LogP contribution in [0.15, 0.2) is 42.7 Å². The van der Waals surface area contributed by atoms with E-state index in [1.165, 1.54) is 6.20 Å². The summed E-state index contributed by atoms with van der Waals surface area (Å²) < 4.78 is 0. The number of hydrogen-bond acceptors (Lipinski definition) is 5. The first kappa shape index (κ1) is 19.0. The van der Waals surface area contributed by atoms with Crippen molar-refractivity contribution in [3.63, 3.8) is 0 Å². The first-order valence-corrected chi connectivity index (χ1v) is 9.21. The highest BCUT2D eigenvalue weighted by molar-refractivity contribution is 5.95. The van der Waals surface area contributed by atoms with Crippen molar-refractivity contribution in [1.29, 1.82) is 0 Å². The molecule has 1 unspecified atom stereocenters. The third-order valence-corrected chi connectivity index (χ3v) is 4.83. The maximum atomic E-state index is 13.0. The number of aliphatic hydroxyl groups is 1. The molecule has 0 aliphatic carbocycles. The smallest absolute Gasteiger partial charge is 0.274 e. The van der Waals surface area contributed by atoms with Crippen LogP contribution in [0.1, 0.15) is 39.9 Å². The number of carbonyl (C=O) groups excluding carboxylic acids is 2. The van der Waals surface area contributed by atoms with Crippen LogP contribution in [-0.4, -0.2) is 69.0 Å². The highest BCUT2D eigenvalue weighted by atomic mass is 16.3. The molecule has 1 fully saturated rings. The summed E-state index contributed by atoms with van der Waals surface area (Å²) in [5.41, 5.74) is 1.64. The van der Waals surface area contributed by atoms with Crippen molar-refractivity contribution in [3.8, 4) is 0 Å². The summed E-state index contributed by atoms with van der Waals surface area (Å²) in [6, 6.07) is 8.85. The molecule has 0 radical (unpaired) electrons. The normalized spacial score (nSPS) is 17.0. The van der Waals surface area contributed by atoms with Crippen molar-refractivity contribution in [2.75, 3.05) is 26.2 Å². The van der Waals surface area contributed by atoms with Gasteiger partial charge in [0.1, 0.15) is 5.69 Å². The van der Waals surface area contributed by atoms with Crippen molar-refractivity contribution < 1.29 is 14.7 Å². The zero-order valence-corrected chi connectivity index (χ0v) is 15.4. The summed E-state index contributed by atoms with van der Waals surface area (Å²) in [5.74, 6) is -0.246. The third-order valence-electron chi connectivity index (χ3n) is 4.83. The second-order valence-corrected chi connectivity index (χ2v) is 6.49. The second kappa shape index (κ2) is 8.73. The summed E-state index contributed by atoms with van der Waals surface area (Å²) >= 11 is 0. The first-order chi connectivity index (χ1) is 13.2. The van der Waals surface area contributed by atoms with Crippen LogP contribution in [0.2, 0.25) is 0 Å². The summed E-state index contributed by atoms with van der Waals surface area (Å²) in [6.45, 7) is 3.12. The largest absolute Gasteiger partial charge is 0.396 e. The standard InChI is InChI=1S/C20H24N4O3/c1-2-17-18(22-10-9-21-17)20(27)24-12-11-23(14-16(24)8-13-25)19(26)15-6-4-3-5-7-15/h3-7,9-10,16,25H,2,8,11-14H2,1H3. The van der Waals surface area contributed by atoms with Crippen LogP contribution in [0, 0.1) is 0 Å². The molecular formula is C20H24N4O3. The number of carbonyl (C=O) groups is 2. The Balaban J connectivity index is 1.78. The van der Waals surface area contributed by atoms with Gasteiger partial charge in [-0.1, -0.05) is 25.1 Å². The van der Waals surface area contributed by atoms with E-state index in [0.717, 1.165) is 0 Å². The molecule has 1 atom stereocenters. The number of aryl methyl sites for hydroxylation is 1. The van der Waals surface area contributed by atoms with Gasteiger partial charge in [0.05, 0.1) is 11.7 Å². The molecule has 0 spiro atoms. The van der Waals surface area contributed by atoms with E-state index in [0.29, 0.717) is 49.4 Å². The van der Waals surface area contributed by atoms with E-state index in [1.54, 1.807) is 28.1 Å². The van der Waals surface area contributed by atoms with Crippen LogP contribution < -0.4 is 0 Å². The molecular weight excluding hydrogens is 344 g/mol. The van der Waals surface area contributed by atoms with Crippen molar-refractivity contribution in [2.45, 2.75) is 25.8 Å². The Morgan fingerprint density at radius 3 is 2.56 bits per heavy atom. The second-order valence-electron chi connectivity index (χ2n) is 6.49. The predicted octanol–water partition coefficient (Wildman–Crippen LogP) is 1.39. The molecule has 2 aromatic rings. The monoisotopic (exact) mass is 368 g/mol. The molecule has 0 bridgehead atoms. The molecule has 3 rings (SSSR count). The number of benzene rings is 1. The zero-order valence-electron chi connectivity index (χ0n) is 15.4. The highest BCUT2D eigenvalue weighted by Crippen LogP contribution is 2.19. The van der Waals surface area contributed by atoms with E-state index in [-0.39, 0.29) is 24.5 Å². The van der Waals surface area contributed by atoms with Crippen LogP contribution in [0.25, 0.3) is 0 Å². The van der Waals surface area contributed by atoms with Gasteiger partial charge in [-0.2, -0.15) is 0 Å². The molecule has 1 aromatic carbocycles. The predicted molar refractivity (Wildman–Crippen MR) is 100 cm³/mol. The Morgan fingerprint density at radius 2 is 1.85 bits per heavy atom. The molecule has 7 nitrogen and oxygen atoms in total. The number of hydrogen-bond donors (Lipinski definition) is 1. The SMILES string of the molecule is CCc1nccnc1C(=O)N1CCN(C(=O)c2ccccc2)CC1CCO. The van der Waals surface area contributed by atoms with E-state index in [2.05, 4.69) is 9.97 Å². The van der Waals surface area contributed by atoms with E-state index in [4.69, 9.17) is 0 Å². The lowest BCUT2D eigenvalue weighted by atomic mass is 10.1. The summed E-state index contributed by atoms with van der Waals surface area (Å²) in [4.78, 5) is 37.7. The van der Waals surface area contributed by atoms with Crippen molar-refractivity contribution in [3.05, 3.63) is 59.7 Å². The average Bonchev–Trinajstić information content (AvgIpc) is 2.73. The molecule has 142 valence electrons. The average molecular weight is 368 g/mol. The Hall–Kier alpha value is -2.80. The number of aliphatic hydroxyl groups excluding tert-OH is 1. The van der Waals surface area contributed by atoms with E-state index < -0.39 is 0 Å². The first-order valence-electron chi connectivity index (χ1n) is 9.21. The number of piperazine rings is 1. The molecule has 1 aromatic heterocycles. The van der Waals surface area contributed by atoms with Crippen molar-refractivity contribution in [1.82, 2.24) is 19.8 Å². The van der Waals surface area contributed by atoms with E-state index in [9.17, 15) is 14.7 Å². The molecule has 1 aliphatic heterocycles. The van der Waals surface area contributed by atoms with Gasteiger partial charge in [-0.05, 0) is 25.0 Å². The minimum absolute atomic E-state index is 0.0527. The van der Waals surface area contributed by atoms with Gasteiger partial charge in [0.25, 0.3) is 11.8 Å². The number of nitrogens with zero attached hydrogens (tertiary/aromatic N) is 4. The minimum Gasteiger partial charge on any atom is -0.396 e.